The van der Waals surface area contributed by atoms with E-state index in [-0.39, 0.29) is 11.8 Å². The number of aryl methyl sites for hydroxylation is 1. The van der Waals surface area contributed by atoms with Gasteiger partial charge in [-0.2, -0.15) is 0 Å². The largest absolute Gasteiger partial charge is 0.325 e. The molecular formula is C15H14ClNOS. The van der Waals surface area contributed by atoms with Gasteiger partial charge in [-0.25, -0.2) is 0 Å². The van der Waals surface area contributed by atoms with Crippen LogP contribution in [0.15, 0.2) is 58.3 Å². The monoisotopic (exact) mass is 291 g/mol. The molecule has 0 aliphatic rings. The Bertz CT molecular complexity index is 551. The molecule has 0 aromatic heterocycles. The fraction of sp³-hybridized carbons (Fsp3) is 0.133. The summed E-state index contributed by atoms with van der Waals surface area (Å²) in [5.41, 5.74) is 2.02. The Labute approximate surface area is 122 Å². The van der Waals surface area contributed by atoms with Crippen molar-refractivity contribution in [2.45, 2.75) is 16.7 Å². The van der Waals surface area contributed by atoms with Gasteiger partial charge in [0, 0.05) is 15.5 Å². The number of rotatable bonds is 4. The summed E-state index contributed by atoms with van der Waals surface area (Å²) in [6.07, 6.45) is 0. The Morgan fingerprint density at radius 2 is 1.58 bits per heavy atom. The van der Waals surface area contributed by atoms with Crippen molar-refractivity contribution < 1.29 is 4.79 Å². The van der Waals surface area contributed by atoms with Gasteiger partial charge in [0.15, 0.2) is 0 Å². The highest BCUT2D eigenvalue weighted by molar-refractivity contribution is 7.99. The molecule has 0 aliphatic heterocycles. The van der Waals surface area contributed by atoms with E-state index in [9.17, 15) is 4.79 Å². The third kappa shape index (κ3) is 4.30. The van der Waals surface area contributed by atoms with Crippen molar-refractivity contribution in [3.8, 4) is 0 Å². The average molecular weight is 292 g/mol. The lowest BCUT2D eigenvalue weighted by Gasteiger charge is -2.05. The topological polar surface area (TPSA) is 29.1 Å². The molecule has 1 amide bonds. The fourth-order valence-corrected chi connectivity index (χ4v) is 2.43. The number of halogens is 1. The highest BCUT2D eigenvalue weighted by Gasteiger charge is 2.01. The Kier molecular flexibility index (Phi) is 4.88. The lowest BCUT2D eigenvalue weighted by Crippen LogP contribution is -2.12. The van der Waals surface area contributed by atoms with Crippen LogP contribution in [0.5, 0.6) is 0 Å². The van der Waals surface area contributed by atoms with Gasteiger partial charge in [-0.05, 0) is 43.3 Å². The van der Waals surface area contributed by atoms with Gasteiger partial charge in [0.25, 0.3) is 0 Å². The number of hydrogen-bond donors (Lipinski definition) is 1. The Morgan fingerprint density at radius 3 is 2.11 bits per heavy atom. The molecule has 0 atom stereocenters. The SMILES string of the molecule is Cc1ccc(Sc2ccc(NC(=O)CCl)cc2)cc1. The number of anilines is 1. The smallest absolute Gasteiger partial charge is 0.239 e. The van der Waals surface area contributed by atoms with E-state index >= 15 is 0 Å². The first-order valence-corrected chi connectivity index (χ1v) is 7.23. The van der Waals surface area contributed by atoms with E-state index in [1.54, 1.807) is 11.8 Å². The standard InChI is InChI=1S/C15H14ClNOS/c1-11-2-6-13(7-3-11)19-14-8-4-12(5-9-14)17-15(18)10-16/h2-9H,10H2,1H3,(H,17,18). The van der Waals surface area contributed by atoms with Gasteiger partial charge in [0.2, 0.25) is 5.91 Å². The van der Waals surface area contributed by atoms with E-state index in [1.165, 1.54) is 10.5 Å². The number of amides is 1. The van der Waals surface area contributed by atoms with Gasteiger partial charge in [-0.3, -0.25) is 4.79 Å². The number of hydrogen-bond acceptors (Lipinski definition) is 2. The fourth-order valence-electron chi connectivity index (χ4n) is 1.54. The van der Waals surface area contributed by atoms with Crippen LogP contribution in [0, 0.1) is 6.92 Å². The molecule has 0 bridgehead atoms. The van der Waals surface area contributed by atoms with Gasteiger partial charge >= 0.3 is 0 Å². The first-order valence-electron chi connectivity index (χ1n) is 5.88. The van der Waals surface area contributed by atoms with Crippen LogP contribution in [0.25, 0.3) is 0 Å². The van der Waals surface area contributed by atoms with Crippen LogP contribution in [0.1, 0.15) is 5.56 Å². The van der Waals surface area contributed by atoms with Gasteiger partial charge in [0.05, 0.1) is 0 Å². The van der Waals surface area contributed by atoms with Crippen molar-refractivity contribution in [3.05, 3.63) is 54.1 Å². The van der Waals surface area contributed by atoms with Crippen LogP contribution >= 0.6 is 23.4 Å². The lowest BCUT2D eigenvalue weighted by molar-refractivity contribution is -0.113. The summed E-state index contributed by atoms with van der Waals surface area (Å²) in [7, 11) is 0. The quantitative estimate of drug-likeness (QED) is 0.850. The Balaban J connectivity index is 2.02. The molecule has 4 heteroatoms. The van der Waals surface area contributed by atoms with Crippen molar-refractivity contribution in [1.29, 1.82) is 0 Å². The van der Waals surface area contributed by atoms with Crippen LogP contribution in [0.3, 0.4) is 0 Å². The molecule has 0 heterocycles. The van der Waals surface area contributed by atoms with Crippen molar-refractivity contribution in [2.24, 2.45) is 0 Å². The maximum Gasteiger partial charge on any atom is 0.239 e. The predicted octanol–water partition coefficient (Wildman–Crippen LogP) is 4.32. The van der Waals surface area contributed by atoms with Crippen molar-refractivity contribution in [3.63, 3.8) is 0 Å². The number of benzene rings is 2. The third-order valence-corrected chi connectivity index (χ3v) is 3.77. The van der Waals surface area contributed by atoms with Crippen molar-refractivity contribution in [2.75, 3.05) is 11.2 Å². The zero-order chi connectivity index (χ0) is 13.7. The molecule has 0 fully saturated rings. The lowest BCUT2D eigenvalue weighted by atomic mass is 10.2. The first kappa shape index (κ1) is 14.0. The van der Waals surface area contributed by atoms with Gasteiger partial charge < -0.3 is 5.32 Å². The van der Waals surface area contributed by atoms with Crippen LogP contribution in [0.2, 0.25) is 0 Å². The predicted molar refractivity (Wildman–Crippen MR) is 81.1 cm³/mol. The summed E-state index contributed by atoms with van der Waals surface area (Å²) >= 11 is 7.13. The first-order chi connectivity index (χ1) is 9.17. The summed E-state index contributed by atoms with van der Waals surface area (Å²) < 4.78 is 0. The Morgan fingerprint density at radius 1 is 1.05 bits per heavy atom. The van der Waals surface area contributed by atoms with Gasteiger partial charge in [-0.1, -0.05) is 29.5 Å². The highest BCUT2D eigenvalue weighted by atomic mass is 35.5. The van der Waals surface area contributed by atoms with Crippen molar-refractivity contribution >= 4 is 35.0 Å². The Hall–Kier alpha value is -1.45. The van der Waals surface area contributed by atoms with Crippen LogP contribution < -0.4 is 5.32 Å². The summed E-state index contributed by atoms with van der Waals surface area (Å²) in [4.78, 5) is 13.5. The molecule has 0 saturated carbocycles. The highest BCUT2D eigenvalue weighted by Crippen LogP contribution is 2.28. The molecule has 0 saturated heterocycles. The molecular weight excluding hydrogens is 278 g/mol. The van der Waals surface area contributed by atoms with E-state index in [4.69, 9.17) is 11.6 Å². The average Bonchev–Trinajstić information content (AvgIpc) is 2.43. The van der Waals surface area contributed by atoms with E-state index < -0.39 is 0 Å². The summed E-state index contributed by atoms with van der Waals surface area (Å²) in [6.45, 7) is 2.07. The minimum Gasteiger partial charge on any atom is -0.325 e. The number of nitrogens with one attached hydrogen (secondary N) is 1. The minimum absolute atomic E-state index is 0.0279. The molecule has 2 rings (SSSR count). The third-order valence-electron chi connectivity index (χ3n) is 2.52. The molecule has 2 aromatic carbocycles. The number of carbonyl (C=O) groups is 1. The van der Waals surface area contributed by atoms with Crippen molar-refractivity contribution in [1.82, 2.24) is 0 Å². The molecule has 0 spiro atoms. The van der Waals surface area contributed by atoms with Crippen LogP contribution in [-0.4, -0.2) is 11.8 Å². The molecule has 98 valence electrons. The number of carbonyl (C=O) groups excluding carboxylic acids is 1. The number of alkyl halides is 1. The summed E-state index contributed by atoms with van der Waals surface area (Å²) in [6, 6.07) is 16.1. The summed E-state index contributed by atoms with van der Waals surface area (Å²) in [5.74, 6) is -0.222. The van der Waals surface area contributed by atoms with E-state index in [0.29, 0.717) is 0 Å². The van der Waals surface area contributed by atoms with Gasteiger partial charge in [-0.15, -0.1) is 11.6 Å². The zero-order valence-corrected chi connectivity index (χ0v) is 12.1. The second-order valence-corrected chi connectivity index (χ2v) is 5.54. The molecule has 2 nitrogen and oxygen atoms in total. The van der Waals surface area contributed by atoms with Crippen LogP contribution in [0.4, 0.5) is 5.69 Å². The second-order valence-electron chi connectivity index (χ2n) is 4.12. The normalized spacial score (nSPS) is 10.2. The van der Waals surface area contributed by atoms with E-state index in [2.05, 4.69) is 36.5 Å². The second kappa shape index (κ2) is 6.64. The molecule has 1 N–H and O–H groups in total. The molecule has 2 aromatic rings. The van der Waals surface area contributed by atoms with Gasteiger partial charge in [0.1, 0.15) is 5.88 Å². The zero-order valence-electron chi connectivity index (χ0n) is 10.5. The minimum atomic E-state index is -0.194. The van der Waals surface area contributed by atoms with E-state index in [0.717, 1.165) is 10.6 Å². The molecule has 0 aliphatic carbocycles. The van der Waals surface area contributed by atoms with E-state index in [1.807, 2.05) is 24.3 Å². The maximum absolute atomic E-state index is 11.1. The molecule has 19 heavy (non-hydrogen) atoms. The summed E-state index contributed by atoms with van der Waals surface area (Å²) in [5, 5.41) is 2.71. The maximum atomic E-state index is 11.1. The van der Waals surface area contributed by atoms with Crippen LogP contribution in [-0.2, 0) is 4.79 Å². The molecule has 0 radical (unpaired) electrons. The molecule has 0 unspecified atom stereocenters.